The van der Waals surface area contributed by atoms with Crippen molar-refractivity contribution in [3.63, 3.8) is 0 Å². The highest BCUT2D eigenvalue weighted by molar-refractivity contribution is 5.96. The number of nitrogens with one attached hydrogen (secondary N) is 1. The summed E-state index contributed by atoms with van der Waals surface area (Å²) in [6.07, 6.45) is 1.12. The Morgan fingerprint density at radius 1 is 1.24 bits per heavy atom. The van der Waals surface area contributed by atoms with Crippen LogP contribution in [0.3, 0.4) is 0 Å². The van der Waals surface area contributed by atoms with Crippen molar-refractivity contribution in [2.24, 2.45) is 0 Å². The second-order valence-electron chi connectivity index (χ2n) is 8.28. The fraction of sp³-hybridized carbons (Fsp3) is 0.333. The monoisotopic (exact) mass is 518 g/mol. The molecule has 0 saturated heterocycles. The number of alkyl halides is 3. The summed E-state index contributed by atoms with van der Waals surface area (Å²) in [6, 6.07) is 4.44. The van der Waals surface area contributed by atoms with Gasteiger partial charge in [-0.05, 0) is 37.1 Å². The second-order valence-corrected chi connectivity index (χ2v) is 8.28. The van der Waals surface area contributed by atoms with Crippen LogP contribution in [0.15, 0.2) is 43.0 Å². The smallest absolute Gasteiger partial charge is 0.435 e. The number of fused-ring (bicyclic) bond motifs is 1. The molecule has 0 unspecified atom stereocenters. The molecule has 1 amide bonds. The van der Waals surface area contributed by atoms with Crippen molar-refractivity contribution in [3.8, 4) is 22.9 Å². The average Bonchev–Trinajstić information content (AvgIpc) is 3.49. The van der Waals surface area contributed by atoms with E-state index in [4.69, 9.17) is 9.84 Å². The first-order valence-electron chi connectivity index (χ1n) is 11.5. The van der Waals surface area contributed by atoms with E-state index in [1.54, 1.807) is 25.1 Å². The molecule has 1 aromatic carbocycles. The van der Waals surface area contributed by atoms with Crippen LogP contribution in [-0.4, -0.2) is 59.5 Å². The van der Waals surface area contributed by atoms with Crippen molar-refractivity contribution >= 4 is 11.6 Å². The molecule has 4 aromatic rings. The summed E-state index contributed by atoms with van der Waals surface area (Å²) in [5.74, 6) is 0.0870. The van der Waals surface area contributed by atoms with Gasteiger partial charge in [0.05, 0.1) is 37.2 Å². The zero-order valence-corrected chi connectivity index (χ0v) is 20.0. The average molecular weight is 518 g/mol. The number of halogens is 3. The summed E-state index contributed by atoms with van der Waals surface area (Å²) < 4.78 is 49.4. The molecule has 3 heterocycles. The van der Waals surface area contributed by atoms with Gasteiger partial charge in [0.2, 0.25) is 5.65 Å². The summed E-state index contributed by atoms with van der Waals surface area (Å²) in [4.78, 5) is 21.0. The Bertz CT molecular complexity index is 1420. The lowest BCUT2D eigenvalue weighted by molar-refractivity contribution is -0.141. The number of nitrogens with zero attached hydrogens (tertiary/aromatic N) is 5. The van der Waals surface area contributed by atoms with Gasteiger partial charge in [-0.25, -0.2) is 9.97 Å². The lowest BCUT2D eigenvalue weighted by atomic mass is 10.0. The molecule has 37 heavy (non-hydrogen) atoms. The highest BCUT2D eigenvalue weighted by atomic mass is 19.4. The van der Waals surface area contributed by atoms with Crippen LogP contribution in [0.5, 0.6) is 11.6 Å². The minimum Gasteiger partial charge on any atom is -0.436 e. The molecule has 0 bridgehead atoms. The lowest BCUT2D eigenvalue weighted by Crippen LogP contribution is -2.35. The molecule has 0 spiro atoms. The molecule has 0 aliphatic carbocycles. The Labute approximate surface area is 209 Å². The highest BCUT2D eigenvalue weighted by Crippen LogP contribution is 2.37. The van der Waals surface area contributed by atoms with Gasteiger partial charge in [-0.3, -0.25) is 13.9 Å². The molecule has 0 radical (unpaired) electrons. The van der Waals surface area contributed by atoms with Crippen LogP contribution >= 0.6 is 0 Å². The van der Waals surface area contributed by atoms with Crippen LogP contribution < -0.4 is 10.1 Å². The van der Waals surface area contributed by atoms with Crippen molar-refractivity contribution < 1.29 is 32.9 Å². The minimum atomic E-state index is -4.72. The highest BCUT2D eigenvalue weighted by Gasteiger charge is 2.38. The van der Waals surface area contributed by atoms with Gasteiger partial charge in [0.1, 0.15) is 5.75 Å². The number of aromatic nitrogens is 5. The van der Waals surface area contributed by atoms with Gasteiger partial charge < -0.3 is 20.3 Å². The van der Waals surface area contributed by atoms with Gasteiger partial charge in [0, 0.05) is 30.2 Å². The van der Waals surface area contributed by atoms with Gasteiger partial charge in [-0.2, -0.15) is 18.3 Å². The van der Waals surface area contributed by atoms with E-state index in [0.29, 0.717) is 23.3 Å². The summed E-state index contributed by atoms with van der Waals surface area (Å²) >= 11 is 0. The van der Waals surface area contributed by atoms with Crippen molar-refractivity contribution in [2.45, 2.75) is 39.0 Å². The van der Waals surface area contributed by atoms with Crippen molar-refractivity contribution in [2.75, 3.05) is 13.2 Å². The number of hydrogen-bond donors (Lipinski definition) is 3. The first-order chi connectivity index (χ1) is 17.7. The van der Waals surface area contributed by atoms with Crippen LogP contribution in [0.25, 0.3) is 16.9 Å². The molecule has 1 atom stereocenters. The molecule has 0 fully saturated rings. The molecule has 0 aliphatic heterocycles. The van der Waals surface area contributed by atoms with Crippen LogP contribution in [-0.2, 0) is 19.1 Å². The third kappa shape index (κ3) is 5.42. The van der Waals surface area contributed by atoms with E-state index in [1.807, 2.05) is 6.92 Å². The van der Waals surface area contributed by atoms with Crippen LogP contribution in [0.1, 0.15) is 35.5 Å². The van der Waals surface area contributed by atoms with E-state index in [-0.39, 0.29) is 48.5 Å². The molecule has 10 nitrogen and oxygen atoms in total. The Balaban J connectivity index is 1.69. The SMILES string of the molecule is CCc1cc(Oc2nccn3c(-c4cn(CCO)nc4C(F)(F)F)cnc23)ccc1C(=O)N[C@@H](C)CO. The zero-order valence-electron chi connectivity index (χ0n) is 20.0. The number of hydrogen-bond acceptors (Lipinski definition) is 7. The summed E-state index contributed by atoms with van der Waals surface area (Å²) in [5.41, 5.74) is 0.131. The Kier molecular flexibility index (Phi) is 7.45. The predicted molar refractivity (Wildman–Crippen MR) is 126 cm³/mol. The van der Waals surface area contributed by atoms with Crippen molar-refractivity contribution in [1.29, 1.82) is 0 Å². The Morgan fingerprint density at radius 2 is 2.03 bits per heavy atom. The largest absolute Gasteiger partial charge is 0.436 e. The summed E-state index contributed by atoms with van der Waals surface area (Å²) in [5, 5.41) is 24.6. The molecule has 0 saturated carbocycles. The fourth-order valence-electron chi connectivity index (χ4n) is 3.81. The molecule has 196 valence electrons. The summed E-state index contributed by atoms with van der Waals surface area (Å²) in [7, 11) is 0. The second kappa shape index (κ2) is 10.6. The van der Waals surface area contributed by atoms with E-state index in [1.165, 1.54) is 29.2 Å². The summed E-state index contributed by atoms with van der Waals surface area (Å²) in [6.45, 7) is 2.90. The third-order valence-electron chi connectivity index (χ3n) is 5.60. The van der Waals surface area contributed by atoms with E-state index < -0.39 is 17.9 Å². The van der Waals surface area contributed by atoms with E-state index >= 15 is 0 Å². The van der Waals surface area contributed by atoms with Gasteiger partial charge >= 0.3 is 6.18 Å². The van der Waals surface area contributed by atoms with Crippen LogP contribution in [0, 0.1) is 0 Å². The molecule has 3 N–H and O–H groups in total. The number of carbonyl (C=O) groups excluding carboxylic acids is 1. The number of benzene rings is 1. The van der Waals surface area contributed by atoms with Crippen LogP contribution in [0.4, 0.5) is 13.2 Å². The van der Waals surface area contributed by atoms with Crippen molar-refractivity contribution in [3.05, 3.63) is 59.8 Å². The van der Waals surface area contributed by atoms with Gasteiger partial charge in [-0.15, -0.1) is 0 Å². The van der Waals surface area contributed by atoms with E-state index in [2.05, 4.69) is 20.4 Å². The molecular weight excluding hydrogens is 493 g/mol. The number of carbonyl (C=O) groups is 1. The molecular formula is C24H25F3N6O4. The Hall–Kier alpha value is -3.97. The zero-order chi connectivity index (χ0) is 26.7. The normalized spacial score (nSPS) is 12.6. The first-order valence-corrected chi connectivity index (χ1v) is 11.5. The fourth-order valence-corrected chi connectivity index (χ4v) is 3.81. The number of aryl methyl sites for hydroxylation is 1. The van der Waals surface area contributed by atoms with Crippen LogP contribution in [0.2, 0.25) is 0 Å². The predicted octanol–water partition coefficient (Wildman–Crippen LogP) is 3.07. The number of imidazole rings is 1. The molecule has 4 rings (SSSR count). The lowest BCUT2D eigenvalue weighted by Gasteiger charge is -2.14. The maximum absolute atomic E-state index is 13.7. The quantitative estimate of drug-likeness (QED) is 0.311. The van der Waals surface area contributed by atoms with Gasteiger partial charge in [-0.1, -0.05) is 6.92 Å². The first kappa shape index (κ1) is 26.1. The number of aliphatic hydroxyl groups excluding tert-OH is 2. The topological polar surface area (TPSA) is 127 Å². The maximum Gasteiger partial charge on any atom is 0.435 e. The Morgan fingerprint density at radius 3 is 2.70 bits per heavy atom. The minimum absolute atomic E-state index is 0.0539. The number of rotatable bonds is 9. The maximum atomic E-state index is 13.7. The number of aliphatic hydroxyl groups is 2. The van der Waals surface area contributed by atoms with E-state index in [9.17, 15) is 23.1 Å². The van der Waals surface area contributed by atoms with Gasteiger partial charge in [0.15, 0.2) is 5.69 Å². The van der Waals surface area contributed by atoms with E-state index in [0.717, 1.165) is 4.68 Å². The number of ether oxygens (including phenoxy) is 1. The third-order valence-corrected chi connectivity index (χ3v) is 5.60. The van der Waals surface area contributed by atoms with Gasteiger partial charge in [0.25, 0.3) is 11.8 Å². The number of amides is 1. The molecule has 0 aliphatic rings. The molecule has 13 heteroatoms. The molecule has 3 aromatic heterocycles. The van der Waals surface area contributed by atoms with Crippen molar-refractivity contribution in [1.82, 2.24) is 29.5 Å². The standard InChI is InChI=1S/C24H25F3N6O4/c1-3-15-10-16(4-5-17(15)22(36)30-14(2)13-35)37-23-21-29-11-19(33(21)7-6-28-23)18-12-32(8-9-34)31-20(18)24(25,26)27/h4-7,10-12,14,34-35H,3,8-9,13H2,1-2H3,(H,30,36)/t14-/m0/s1.